The molecule has 0 saturated carbocycles. The van der Waals surface area contributed by atoms with E-state index in [1.807, 2.05) is 30.3 Å². The molecule has 2 aromatic heterocycles. The van der Waals surface area contributed by atoms with Gasteiger partial charge in [-0.05, 0) is 58.9 Å². The van der Waals surface area contributed by atoms with Crippen molar-refractivity contribution < 1.29 is 9.90 Å². The summed E-state index contributed by atoms with van der Waals surface area (Å²) in [6.45, 7) is 6.71. The van der Waals surface area contributed by atoms with Gasteiger partial charge in [-0.3, -0.25) is 0 Å². The Morgan fingerprint density at radius 3 is 2.63 bits per heavy atom. The van der Waals surface area contributed by atoms with Crippen molar-refractivity contribution in [2.75, 3.05) is 0 Å². The number of benzene rings is 1. The van der Waals surface area contributed by atoms with Crippen LogP contribution in [0.25, 0.3) is 22.6 Å². The molecule has 0 aliphatic heterocycles. The molecule has 1 unspecified atom stereocenters. The first-order valence-electron chi connectivity index (χ1n) is 9.24. The number of pyridine rings is 1. The zero-order valence-corrected chi connectivity index (χ0v) is 16.6. The summed E-state index contributed by atoms with van der Waals surface area (Å²) in [4.78, 5) is 18.3. The number of thiophene rings is 1. The molecule has 4 heteroatoms. The molecule has 4 rings (SSSR count). The van der Waals surface area contributed by atoms with Crippen LogP contribution in [0.4, 0.5) is 0 Å². The van der Waals surface area contributed by atoms with Crippen LogP contribution in [0.2, 0.25) is 0 Å². The van der Waals surface area contributed by atoms with E-state index in [0.717, 1.165) is 40.6 Å². The first-order valence-corrected chi connectivity index (χ1v) is 10.1. The molecule has 0 amide bonds. The molecule has 3 aromatic rings. The summed E-state index contributed by atoms with van der Waals surface area (Å²) in [6.07, 6.45) is 3.85. The minimum atomic E-state index is -0.866. The summed E-state index contributed by atoms with van der Waals surface area (Å²) in [5.41, 5.74) is 4.15. The van der Waals surface area contributed by atoms with Gasteiger partial charge in [-0.25, -0.2) is 9.78 Å². The van der Waals surface area contributed by atoms with Crippen molar-refractivity contribution in [3.63, 3.8) is 0 Å². The Morgan fingerprint density at radius 2 is 1.96 bits per heavy atom. The van der Waals surface area contributed by atoms with Gasteiger partial charge < -0.3 is 5.11 Å². The van der Waals surface area contributed by atoms with Crippen molar-refractivity contribution in [2.45, 2.75) is 33.6 Å². The molecule has 0 bridgehead atoms. The number of hydrogen-bond donors (Lipinski definition) is 1. The highest BCUT2D eigenvalue weighted by atomic mass is 32.1. The van der Waals surface area contributed by atoms with Gasteiger partial charge in [0.1, 0.15) is 0 Å². The van der Waals surface area contributed by atoms with Crippen molar-refractivity contribution in [3.05, 3.63) is 63.5 Å². The number of aromatic carboxylic acids is 1. The fourth-order valence-electron chi connectivity index (χ4n) is 3.93. The lowest BCUT2D eigenvalue weighted by molar-refractivity contribution is 0.0696. The van der Waals surface area contributed by atoms with Crippen LogP contribution in [0.5, 0.6) is 0 Å². The minimum Gasteiger partial charge on any atom is -0.478 e. The molecule has 0 spiro atoms. The molecule has 27 heavy (non-hydrogen) atoms. The average molecular weight is 378 g/mol. The largest absolute Gasteiger partial charge is 0.478 e. The van der Waals surface area contributed by atoms with Crippen molar-refractivity contribution in [2.24, 2.45) is 11.3 Å². The molecule has 1 aromatic carbocycles. The number of carboxylic acids is 1. The molecule has 3 nitrogen and oxygen atoms in total. The van der Waals surface area contributed by atoms with Gasteiger partial charge in [-0.2, -0.15) is 0 Å². The summed E-state index contributed by atoms with van der Waals surface area (Å²) in [5.74, 6) is -0.493. The van der Waals surface area contributed by atoms with Crippen LogP contribution >= 0.6 is 11.3 Å². The van der Waals surface area contributed by atoms with Crippen LogP contribution in [0.3, 0.4) is 0 Å². The highest BCUT2D eigenvalue weighted by molar-refractivity contribution is 7.10. The second kappa shape index (κ2) is 6.61. The van der Waals surface area contributed by atoms with Crippen LogP contribution < -0.4 is 0 Å². The van der Waals surface area contributed by atoms with Crippen molar-refractivity contribution >= 4 is 39.9 Å². The summed E-state index contributed by atoms with van der Waals surface area (Å²) < 4.78 is 0. The summed E-state index contributed by atoms with van der Waals surface area (Å²) >= 11 is 1.69. The van der Waals surface area contributed by atoms with Crippen LogP contribution in [-0.2, 0) is 6.42 Å². The molecular formula is C23H23NO2S. The lowest BCUT2D eigenvalue weighted by atomic mass is 9.69. The van der Waals surface area contributed by atoms with Crippen molar-refractivity contribution in [3.8, 4) is 0 Å². The minimum absolute atomic E-state index is 0.0909. The Morgan fingerprint density at radius 1 is 1.19 bits per heavy atom. The molecule has 2 heterocycles. The van der Waals surface area contributed by atoms with Crippen LogP contribution in [0.15, 0.2) is 41.8 Å². The van der Waals surface area contributed by atoms with Gasteiger partial charge in [0.15, 0.2) is 0 Å². The van der Waals surface area contributed by atoms with Gasteiger partial charge in [0.05, 0.1) is 16.8 Å². The predicted octanol–water partition coefficient (Wildman–Crippen LogP) is 6.14. The first kappa shape index (κ1) is 17.9. The lowest BCUT2D eigenvalue weighted by Gasteiger charge is -2.36. The number of carbonyl (C=O) groups is 1. The molecule has 1 aliphatic carbocycles. The number of para-hydroxylation sites is 1. The van der Waals surface area contributed by atoms with Crippen molar-refractivity contribution in [1.29, 1.82) is 0 Å². The Bertz CT molecular complexity index is 1040. The van der Waals surface area contributed by atoms with Gasteiger partial charge in [0.2, 0.25) is 0 Å². The molecule has 1 aliphatic rings. The fraction of sp³-hybridized carbons (Fsp3) is 0.304. The van der Waals surface area contributed by atoms with Crippen LogP contribution in [-0.4, -0.2) is 16.1 Å². The standard InChI is InChI=1S/C23H23NO2S/c1-23(2,3)15-11-14(12-16-7-6-10-27-16)21-18(13-15)20(22(25)26)17-8-4-5-9-19(17)24-21/h4-10,12,15H,11,13H2,1-3H3,(H,25,26)/b14-12+. The Balaban J connectivity index is 2.01. The third kappa shape index (κ3) is 3.30. The quantitative estimate of drug-likeness (QED) is 0.583. The number of allylic oxidation sites excluding steroid dienone is 1. The highest BCUT2D eigenvalue weighted by Gasteiger charge is 2.35. The van der Waals surface area contributed by atoms with Gasteiger partial charge in [0.25, 0.3) is 0 Å². The van der Waals surface area contributed by atoms with Gasteiger partial charge in [-0.1, -0.05) is 45.0 Å². The monoisotopic (exact) mass is 377 g/mol. The number of nitrogens with zero attached hydrogens (tertiary/aromatic N) is 1. The molecule has 1 N–H and O–H groups in total. The summed E-state index contributed by atoms with van der Waals surface area (Å²) in [6, 6.07) is 11.7. The highest BCUT2D eigenvalue weighted by Crippen LogP contribution is 2.44. The number of hydrogen-bond acceptors (Lipinski definition) is 3. The first-order chi connectivity index (χ1) is 12.8. The van der Waals surface area contributed by atoms with E-state index >= 15 is 0 Å². The van der Waals surface area contributed by atoms with E-state index in [0.29, 0.717) is 11.5 Å². The molecule has 1 atom stereocenters. The number of carboxylic acid groups (broad SMARTS) is 1. The third-order valence-electron chi connectivity index (χ3n) is 5.51. The SMILES string of the molecule is CC(C)(C)C1C/C(=C\c2cccs2)c2nc3ccccc3c(C(=O)O)c2C1. The van der Waals surface area contributed by atoms with Gasteiger partial charge in [0, 0.05) is 10.3 Å². The maximum absolute atomic E-state index is 12.2. The molecular weight excluding hydrogens is 354 g/mol. The van der Waals surface area contributed by atoms with E-state index in [9.17, 15) is 9.90 Å². The Labute approximate surface area is 163 Å². The molecule has 0 radical (unpaired) electrons. The smallest absolute Gasteiger partial charge is 0.336 e. The van der Waals surface area contributed by atoms with Crippen LogP contribution in [0.1, 0.15) is 53.7 Å². The van der Waals surface area contributed by atoms with E-state index in [1.54, 1.807) is 11.3 Å². The lowest BCUT2D eigenvalue weighted by Crippen LogP contribution is -2.28. The normalized spacial score (nSPS) is 18.6. The topological polar surface area (TPSA) is 50.2 Å². The Kier molecular flexibility index (Phi) is 4.39. The van der Waals surface area contributed by atoms with E-state index in [4.69, 9.17) is 4.98 Å². The summed E-state index contributed by atoms with van der Waals surface area (Å²) in [5, 5.41) is 12.8. The fourth-order valence-corrected chi connectivity index (χ4v) is 4.61. The van der Waals surface area contributed by atoms with Gasteiger partial charge >= 0.3 is 5.97 Å². The van der Waals surface area contributed by atoms with E-state index < -0.39 is 5.97 Å². The second-order valence-corrected chi connectivity index (χ2v) is 9.27. The molecule has 138 valence electrons. The summed E-state index contributed by atoms with van der Waals surface area (Å²) in [7, 11) is 0. The Hall–Kier alpha value is -2.46. The molecule has 0 fully saturated rings. The van der Waals surface area contributed by atoms with Crippen LogP contribution in [0, 0.1) is 11.3 Å². The maximum Gasteiger partial charge on any atom is 0.336 e. The van der Waals surface area contributed by atoms with E-state index in [1.165, 1.54) is 4.88 Å². The second-order valence-electron chi connectivity index (χ2n) is 8.29. The van der Waals surface area contributed by atoms with E-state index in [2.05, 4.69) is 38.3 Å². The maximum atomic E-state index is 12.2. The molecule has 0 saturated heterocycles. The number of fused-ring (bicyclic) bond motifs is 2. The van der Waals surface area contributed by atoms with Gasteiger partial charge in [-0.15, -0.1) is 11.3 Å². The van der Waals surface area contributed by atoms with E-state index in [-0.39, 0.29) is 5.41 Å². The zero-order valence-electron chi connectivity index (χ0n) is 15.8. The number of aromatic nitrogens is 1. The number of rotatable bonds is 2. The zero-order chi connectivity index (χ0) is 19.2. The third-order valence-corrected chi connectivity index (χ3v) is 6.33. The average Bonchev–Trinajstić information content (AvgIpc) is 3.11. The predicted molar refractivity (Wildman–Crippen MR) is 112 cm³/mol. The van der Waals surface area contributed by atoms with Crippen molar-refractivity contribution in [1.82, 2.24) is 4.98 Å².